The van der Waals surface area contributed by atoms with E-state index in [1.165, 1.54) is 16.6 Å². The summed E-state index contributed by atoms with van der Waals surface area (Å²) in [4.78, 5) is 19.7. The van der Waals surface area contributed by atoms with Gasteiger partial charge in [-0.05, 0) is 22.0 Å². The van der Waals surface area contributed by atoms with Crippen molar-refractivity contribution in [2.24, 2.45) is 0 Å². The van der Waals surface area contributed by atoms with Gasteiger partial charge in [-0.2, -0.15) is 4.31 Å². The number of morpholine rings is 1. The molecular formula is C14H18BrClN4O4S. The maximum absolute atomic E-state index is 12.8. The van der Waals surface area contributed by atoms with Gasteiger partial charge in [0.2, 0.25) is 10.0 Å². The zero-order valence-electron chi connectivity index (χ0n) is 13.4. The minimum Gasteiger partial charge on any atom is -0.378 e. The van der Waals surface area contributed by atoms with E-state index in [2.05, 4.69) is 20.9 Å². The first-order valence-electron chi connectivity index (χ1n) is 7.82. The Morgan fingerprint density at radius 3 is 2.36 bits per heavy atom. The van der Waals surface area contributed by atoms with Gasteiger partial charge in [-0.15, -0.1) is 0 Å². The van der Waals surface area contributed by atoms with Crippen molar-refractivity contribution in [1.29, 1.82) is 0 Å². The molecule has 3 rings (SSSR count). The molecule has 2 aliphatic rings. The fourth-order valence-electron chi connectivity index (χ4n) is 2.80. The maximum Gasteiger partial charge on any atom is 0.320 e. The quantitative estimate of drug-likeness (QED) is 0.630. The Morgan fingerprint density at radius 2 is 1.72 bits per heavy atom. The Balaban J connectivity index is 1.67. The fraction of sp³-hybridized carbons (Fsp3) is 0.571. The monoisotopic (exact) mass is 452 g/mol. The number of aromatic nitrogens is 1. The summed E-state index contributed by atoms with van der Waals surface area (Å²) in [6.07, 6.45) is 1.44. The number of carbonyl (C=O) groups is 1. The van der Waals surface area contributed by atoms with Crippen LogP contribution in [0.4, 0.5) is 4.79 Å². The molecule has 0 saturated carbocycles. The van der Waals surface area contributed by atoms with Crippen LogP contribution in [0.3, 0.4) is 0 Å². The molecule has 0 unspecified atom stereocenters. The fourth-order valence-corrected chi connectivity index (χ4v) is 5.14. The maximum atomic E-state index is 12.8. The first-order valence-corrected chi connectivity index (χ1v) is 10.4. The van der Waals surface area contributed by atoms with Gasteiger partial charge in [0.15, 0.2) is 0 Å². The van der Waals surface area contributed by atoms with Gasteiger partial charge < -0.3 is 14.5 Å². The van der Waals surface area contributed by atoms with E-state index in [0.29, 0.717) is 43.9 Å². The molecule has 11 heteroatoms. The van der Waals surface area contributed by atoms with Crippen LogP contribution in [0.2, 0.25) is 5.15 Å². The van der Waals surface area contributed by atoms with Crippen LogP contribution >= 0.6 is 27.5 Å². The van der Waals surface area contributed by atoms with Crippen molar-refractivity contribution in [3.8, 4) is 0 Å². The number of hydrogen-bond acceptors (Lipinski definition) is 5. The Kier molecular flexibility index (Phi) is 5.84. The predicted octanol–water partition coefficient (Wildman–Crippen LogP) is 1.26. The normalized spacial score (nSPS) is 19.9. The van der Waals surface area contributed by atoms with Gasteiger partial charge in [-0.1, -0.05) is 11.6 Å². The molecule has 0 atom stereocenters. The van der Waals surface area contributed by atoms with E-state index in [4.69, 9.17) is 16.3 Å². The number of rotatable bonds is 2. The van der Waals surface area contributed by atoms with Gasteiger partial charge in [0.25, 0.3) is 0 Å². The van der Waals surface area contributed by atoms with Crippen molar-refractivity contribution in [2.45, 2.75) is 4.90 Å². The van der Waals surface area contributed by atoms with Crippen molar-refractivity contribution >= 4 is 43.6 Å². The summed E-state index contributed by atoms with van der Waals surface area (Å²) < 4.78 is 32.7. The lowest BCUT2D eigenvalue weighted by molar-refractivity contribution is 0.0405. The summed E-state index contributed by atoms with van der Waals surface area (Å²) >= 11 is 9.17. The van der Waals surface area contributed by atoms with Gasteiger partial charge in [0, 0.05) is 49.9 Å². The second-order valence-electron chi connectivity index (χ2n) is 5.72. The molecule has 1 aromatic rings. The van der Waals surface area contributed by atoms with E-state index in [9.17, 15) is 13.2 Å². The van der Waals surface area contributed by atoms with Crippen LogP contribution in [-0.2, 0) is 14.8 Å². The molecule has 2 amide bonds. The van der Waals surface area contributed by atoms with Crippen LogP contribution in [0, 0.1) is 0 Å². The van der Waals surface area contributed by atoms with Gasteiger partial charge >= 0.3 is 6.03 Å². The number of urea groups is 1. The third kappa shape index (κ3) is 4.08. The summed E-state index contributed by atoms with van der Waals surface area (Å²) in [6.45, 7) is 3.34. The number of ether oxygens (including phenoxy) is 1. The molecular weight excluding hydrogens is 436 g/mol. The molecule has 2 saturated heterocycles. The molecule has 138 valence electrons. The topological polar surface area (TPSA) is 83.0 Å². The van der Waals surface area contributed by atoms with Crippen molar-refractivity contribution in [2.75, 3.05) is 52.5 Å². The van der Waals surface area contributed by atoms with Crippen LogP contribution in [0.5, 0.6) is 0 Å². The molecule has 0 bridgehead atoms. The smallest absolute Gasteiger partial charge is 0.320 e. The van der Waals surface area contributed by atoms with Crippen molar-refractivity contribution < 1.29 is 17.9 Å². The molecule has 0 N–H and O–H groups in total. The van der Waals surface area contributed by atoms with Gasteiger partial charge in [0.05, 0.1) is 13.2 Å². The Hall–Kier alpha value is -0.940. The summed E-state index contributed by atoms with van der Waals surface area (Å²) in [7, 11) is -3.75. The number of nitrogens with zero attached hydrogens (tertiary/aromatic N) is 4. The second-order valence-corrected chi connectivity index (χ2v) is 8.90. The molecule has 0 aliphatic carbocycles. The third-order valence-corrected chi connectivity index (χ3v) is 6.94. The van der Waals surface area contributed by atoms with Crippen LogP contribution < -0.4 is 0 Å². The Labute approximate surface area is 159 Å². The lowest BCUT2D eigenvalue weighted by atomic mass is 10.3. The molecule has 0 aromatic carbocycles. The standard InChI is InChI=1S/C14H18BrClN4O4S/c15-11-9-12(13(16)17-10-11)25(22,23)20-3-1-18(2-4-20)14(21)19-5-7-24-8-6-19/h9-10H,1-8H2. The lowest BCUT2D eigenvalue weighted by Gasteiger charge is -2.38. The van der Waals surface area contributed by atoms with E-state index in [0.717, 1.165) is 0 Å². The average molecular weight is 454 g/mol. The summed E-state index contributed by atoms with van der Waals surface area (Å²) in [5.74, 6) is 0. The predicted molar refractivity (Wildman–Crippen MR) is 95.1 cm³/mol. The van der Waals surface area contributed by atoms with Gasteiger partial charge in [-0.3, -0.25) is 0 Å². The molecule has 0 spiro atoms. The minimum atomic E-state index is -3.75. The van der Waals surface area contributed by atoms with Crippen molar-refractivity contribution in [3.63, 3.8) is 0 Å². The molecule has 8 nitrogen and oxygen atoms in total. The van der Waals surface area contributed by atoms with E-state index in [-0.39, 0.29) is 29.2 Å². The summed E-state index contributed by atoms with van der Waals surface area (Å²) in [6, 6.07) is 1.37. The van der Waals surface area contributed by atoms with E-state index >= 15 is 0 Å². The molecule has 2 fully saturated rings. The summed E-state index contributed by atoms with van der Waals surface area (Å²) in [5.41, 5.74) is 0. The minimum absolute atomic E-state index is 0.0310. The zero-order valence-corrected chi connectivity index (χ0v) is 16.6. The van der Waals surface area contributed by atoms with Gasteiger partial charge in [0.1, 0.15) is 10.0 Å². The second kappa shape index (κ2) is 7.75. The number of amides is 2. The highest BCUT2D eigenvalue weighted by Crippen LogP contribution is 2.26. The van der Waals surface area contributed by atoms with Gasteiger partial charge in [-0.25, -0.2) is 18.2 Å². The Morgan fingerprint density at radius 1 is 1.12 bits per heavy atom. The van der Waals surface area contributed by atoms with E-state index in [1.54, 1.807) is 9.80 Å². The molecule has 3 heterocycles. The molecule has 1 aromatic heterocycles. The first-order chi connectivity index (χ1) is 11.9. The number of carbonyl (C=O) groups excluding carboxylic acids is 1. The number of hydrogen-bond donors (Lipinski definition) is 0. The van der Waals surface area contributed by atoms with Crippen LogP contribution in [0.1, 0.15) is 0 Å². The van der Waals surface area contributed by atoms with E-state index in [1.807, 2.05) is 0 Å². The van der Waals surface area contributed by atoms with Crippen molar-refractivity contribution in [1.82, 2.24) is 19.1 Å². The number of sulfonamides is 1. The van der Waals surface area contributed by atoms with Crippen LogP contribution in [-0.4, -0.2) is 86.0 Å². The van der Waals surface area contributed by atoms with Crippen molar-refractivity contribution in [3.05, 3.63) is 21.9 Å². The zero-order chi connectivity index (χ0) is 18.0. The van der Waals surface area contributed by atoms with Crippen LogP contribution in [0.15, 0.2) is 21.6 Å². The largest absolute Gasteiger partial charge is 0.378 e. The highest BCUT2D eigenvalue weighted by atomic mass is 79.9. The number of pyridine rings is 1. The molecule has 2 aliphatic heterocycles. The number of halogens is 2. The molecule has 25 heavy (non-hydrogen) atoms. The lowest BCUT2D eigenvalue weighted by Crippen LogP contribution is -2.55. The van der Waals surface area contributed by atoms with E-state index < -0.39 is 10.0 Å². The molecule has 0 radical (unpaired) electrons. The van der Waals surface area contributed by atoms with Crippen LogP contribution in [0.25, 0.3) is 0 Å². The SMILES string of the molecule is O=C(N1CCOCC1)N1CCN(S(=O)(=O)c2cc(Br)cnc2Cl)CC1. The summed E-state index contributed by atoms with van der Waals surface area (Å²) in [5, 5.41) is -0.0602. The highest BCUT2D eigenvalue weighted by Gasteiger charge is 2.33. The average Bonchev–Trinajstić information content (AvgIpc) is 2.64. The highest BCUT2D eigenvalue weighted by molar-refractivity contribution is 9.10. The first kappa shape index (κ1) is 18.8. The Bertz CT molecular complexity index is 749. The third-order valence-electron chi connectivity index (χ3n) is 4.18. The number of piperazine rings is 1.